The minimum Gasteiger partial charge on any atom is -0.496 e. The average molecular weight is 300 g/mol. The monoisotopic (exact) mass is 300 g/mol. The third-order valence-electron chi connectivity index (χ3n) is 4.28. The Labute approximate surface area is 131 Å². The highest BCUT2D eigenvalue weighted by atomic mass is 16.5. The van der Waals surface area contributed by atoms with Gasteiger partial charge in [0.25, 0.3) is 0 Å². The van der Waals surface area contributed by atoms with Crippen LogP contribution in [0.4, 0.5) is 5.82 Å². The van der Waals surface area contributed by atoms with E-state index in [2.05, 4.69) is 41.7 Å². The van der Waals surface area contributed by atoms with Gasteiger partial charge >= 0.3 is 0 Å². The molecule has 0 saturated carbocycles. The van der Waals surface area contributed by atoms with Crippen molar-refractivity contribution in [2.24, 2.45) is 5.92 Å². The summed E-state index contributed by atoms with van der Waals surface area (Å²) in [5.41, 5.74) is 2.47. The number of aryl methyl sites for hydroxylation is 1. The van der Waals surface area contributed by atoms with Crippen LogP contribution in [0.15, 0.2) is 30.5 Å². The van der Waals surface area contributed by atoms with E-state index in [-0.39, 0.29) is 6.04 Å². The van der Waals surface area contributed by atoms with E-state index in [1.165, 1.54) is 11.1 Å². The maximum absolute atomic E-state index is 5.48. The van der Waals surface area contributed by atoms with Crippen LogP contribution in [0.25, 0.3) is 0 Å². The van der Waals surface area contributed by atoms with Gasteiger partial charge in [-0.15, -0.1) is 0 Å². The van der Waals surface area contributed by atoms with Gasteiger partial charge in [-0.25, -0.2) is 4.68 Å². The van der Waals surface area contributed by atoms with Gasteiger partial charge in [-0.1, -0.05) is 17.7 Å². The van der Waals surface area contributed by atoms with Crippen LogP contribution in [0.3, 0.4) is 0 Å². The van der Waals surface area contributed by atoms with Crippen molar-refractivity contribution in [2.75, 3.05) is 25.5 Å². The van der Waals surface area contributed by atoms with Crippen molar-refractivity contribution >= 4 is 5.82 Å². The first-order valence-corrected chi connectivity index (χ1v) is 7.81. The number of fused-ring (bicyclic) bond motifs is 1. The fourth-order valence-corrected chi connectivity index (χ4v) is 2.97. The molecule has 1 aromatic carbocycles. The zero-order valence-corrected chi connectivity index (χ0v) is 13.5. The predicted molar refractivity (Wildman–Crippen MR) is 88.4 cm³/mol. The predicted octanol–water partition coefficient (Wildman–Crippen LogP) is 2.59. The van der Waals surface area contributed by atoms with Crippen LogP contribution in [0.2, 0.25) is 0 Å². The lowest BCUT2D eigenvalue weighted by atomic mass is 10.0. The lowest BCUT2D eigenvalue weighted by molar-refractivity contribution is 0.367. The van der Waals surface area contributed by atoms with Gasteiger partial charge in [-0.05, 0) is 19.9 Å². The second-order valence-electron chi connectivity index (χ2n) is 6.02. The number of nitrogens with one attached hydrogen (secondary N) is 2. The Morgan fingerprint density at radius 2 is 2.32 bits per heavy atom. The van der Waals surface area contributed by atoms with E-state index in [0.29, 0.717) is 5.92 Å². The summed E-state index contributed by atoms with van der Waals surface area (Å²) in [6, 6.07) is 8.60. The van der Waals surface area contributed by atoms with Crippen molar-refractivity contribution in [3.8, 4) is 5.75 Å². The Morgan fingerprint density at radius 1 is 1.45 bits per heavy atom. The van der Waals surface area contributed by atoms with E-state index in [1.807, 2.05) is 23.0 Å². The number of hydrogen-bond acceptors (Lipinski definition) is 4. The smallest absolute Gasteiger partial charge is 0.124 e. The second kappa shape index (κ2) is 6.40. The minimum absolute atomic E-state index is 0.258. The Kier molecular flexibility index (Phi) is 4.34. The van der Waals surface area contributed by atoms with E-state index in [4.69, 9.17) is 4.74 Å². The molecule has 2 atom stereocenters. The number of aromatic nitrogens is 2. The Balaban J connectivity index is 1.61. The van der Waals surface area contributed by atoms with Crippen LogP contribution in [0, 0.1) is 12.8 Å². The summed E-state index contributed by atoms with van der Waals surface area (Å²) in [5.74, 6) is 2.59. The number of rotatable bonds is 5. The normalized spacial score (nSPS) is 18.4. The van der Waals surface area contributed by atoms with Gasteiger partial charge in [0.15, 0.2) is 0 Å². The quantitative estimate of drug-likeness (QED) is 0.891. The maximum atomic E-state index is 5.48. The molecule has 2 N–H and O–H groups in total. The Bertz CT molecular complexity index is 637. The van der Waals surface area contributed by atoms with Gasteiger partial charge < -0.3 is 15.4 Å². The van der Waals surface area contributed by atoms with Crippen molar-refractivity contribution < 1.29 is 4.74 Å². The summed E-state index contributed by atoms with van der Waals surface area (Å²) in [6.07, 6.45) is 1.85. The number of methoxy groups -OCH3 is 1. The summed E-state index contributed by atoms with van der Waals surface area (Å²) < 4.78 is 7.52. The highest BCUT2D eigenvalue weighted by molar-refractivity contribution is 5.39. The van der Waals surface area contributed by atoms with Gasteiger partial charge in [-0.2, -0.15) is 5.10 Å². The number of anilines is 1. The van der Waals surface area contributed by atoms with Crippen LogP contribution in [-0.2, 0) is 6.54 Å². The molecule has 2 unspecified atom stereocenters. The molecule has 0 saturated heterocycles. The molecule has 1 aliphatic heterocycles. The molecule has 1 aromatic heterocycles. The van der Waals surface area contributed by atoms with Crippen LogP contribution >= 0.6 is 0 Å². The third kappa shape index (κ3) is 3.09. The number of ether oxygens (including phenoxy) is 1. The first-order chi connectivity index (χ1) is 10.7. The molecule has 0 bridgehead atoms. The van der Waals surface area contributed by atoms with E-state index in [9.17, 15) is 0 Å². The summed E-state index contributed by atoms with van der Waals surface area (Å²) in [5, 5.41) is 11.4. The van der Waals surface area contributed by atoms with Crippen molar-refractivity contribution in [1.29, 1.82) is 0 Å². The lowest BCUT2D eigenvalue weighted by Gasteiger charge is -2.27. The standard InChI is InChI=1S/C17H24N4O/c1-12-4-5-16(22-3)15(8-12)13(2)18-9-14-10-19-17-6-7-20-21(17)11-14/h4-8,13-14,18-19H,9-11H2,1-3H3. The fourth-order valence-electron chi connectivity index (χ4n) is 2.97. The van der Waals surface area contributed by atoms with Crippen molar-refractivity contribution in [1.82, 2.24) is 15.1 Å². The van der Waals surface area contributed by atoms with E-state index in [0.717, 1.165) is 31.2 Å². The molecule has 5 nitrogen and oxygen atoms in total. The van der Waals surface area contributed by atoms with E-state index < -0.39 is 0 Å². The van der Waals surface area contributed by atoms with Crippen LogP contribution in [0.1, 0.15) is 24.1 Å². The molecule has 0 fully saturated rings. The SMILES string of the molecule is COc1ccc(C)cc1C(C)NCC1CNc2ccnn2C1. The molecular formula is C17H24N4O. The topological polar surface area (TPSA) is 51.1 Å². The average Bonchev–Trinajstić information content (AvgIpc) is 3.00. The van der Waals surface area contributed by atoms with Crippen LogP contribution in [0.5, 0.6) is 5.75 Å². The molecule has 2 heterocycles. The lowest BCUT2D eigenvalue weighted by Crippen LogP contribution is -2.36. The van der Waals surface area contributed by atoms with E-state index >= 15 is 0 Å². The molecule has 3 rings (SSSR count). The molecule has 0 radical (unpaired) electrons. The molecule has 0 spiro atoms. The molecular weight excluding hydrogens is 276 g/mol. The second-order valence-corrected chi connectivity index (χ2v) is 6.02. The van der Waals surface area contributed by atoms with Gasteiger partial charge in [0, 0.05) is 43.2 Å². The zero-order valence-electron chi connectivity index (χ0n) is 13.5. The van der Waals surface area contributed by atoms with Gasteiger partial charge in [0.1, 0.15) is 11.6 Å². The van der Waals surface area contributed by atoms with Crippen molar-refractivity contribution in [3.63, 3.8) is 0 Å². The summed E-state index contributed by atoms with van der Waals surface area (Å²) in [4.78, 5) is 0. The fraction of sp³-hybridized carbons (Fsp3) is 0.471. The summed E-state index contributed by atoms with van der Waals surface area (Å²) >= 11 is 0. The number of hydrogen-bond donors (Lipinski definition) is 2. The maximum Gasteiger partial charge on any atom is 0.124 e. The van der Waals surface area contributed by atoms with Gasteiger partial charge in [-0.3, -0.25) is 0 Å². The molecule has 22 heavy (non-hydrogen) atoms. The first kappa shape index (κ1) is 14.9. The molecule has 0 aliphatic carbocycles. The molecule has 2 aromatic rings. The zero-order chi connectivity index (χ0) is 15.5. The minimum atomic E-state index is 0.258. The molecule has 5 heteroatoms. The molecule has 1 aliphatic rings. The van der Waals surface area contributed by atoms with Gasteiger partial charge in [0.05, 0.1) is 13.3 Å². The number of nitrogens with zero attached hydrogens (tertiary/aromatic N) is 2. The van der Waals surface area contributed by atoms with Gasteiger partial charge in [0.2, 0.25) is 0 Å². The Hall–Kier alpha value is -2.01. The molecule has 118 valence electrons. The molecule has 0 amide bonds. The summed E-state index contributed by atoms with van der Waals surface area (Å²) in [6.45, 7) is 7.19. The highest BCUT2D eigenvalue weighted by Gasteiger charge is 2.19. The van der Waals surface area contributed by atoms with E-state index in [1.54, 1.807) is 7.11 Å². The van der Waals surface area contributed by atoms with Crippen molar-refractivity contribution in [3.05, 3.63) is 41.6 Å². The Morgan fingerprint density at radius 3 is 3.14 bits per heavy atom. The number of benzene rings is 1. The third-order valence-corrected chi connectivity index (χ3v) is 4.28. The van der Waals surface area contributed by atoms with Crippen LogP contribution < -0.4 is 15.4 Å². The highest BCUT2D eigenvalue weighted by Crippen LogP contribution is 2.26. The first-order valence-electron chi connectivity index (χ1n) is 7.81. The summed E-state index contributed by atoms with van der Waals surface area (Å²) in [7, 11) is 1.73. The van der Waals surface area contributed by atoms with Crippen molar-refractivity contribution in [2.45, 2.75) is 26.4 Å². The largest absolute Gasteiger partial charge is 0.496 e. The van der Waals surface area contributed by atoms with Crippen LogP contribution in [-0.4, -0.2) is 30.0 Å².